The first kappa shape index (κ1) is 35.4. The molecule has 0 radical (unpaired) electrons. The van der Waals surface area contributed by atoms with E-state index >= 15 is 0 Å². The summed E-state index contributed by atoms with van der Waals surface area (Å²) in [6, 6.07) is 20.3. The molecule has 0 aromatic heterocycles. The van der Waals surface area contributed by atoms with Crippen LogP contribution in [0.25, 0.3) is 0 Å². The van der Waals surface area contributed by atoms with Gasteiger partial charge < -0.3 is 55.1 Å². The van der Waals surface area contributed by atoms with Gasteiger partial charge in [-0.1, -0.05) is 42.5 Å². The second-order valence-corrected chi connectivity index (χ2v) is 13.3. The zero-order valence-electron chi connectivity index (χ0n) is 28.3. The van der Waals surface area contributed by atoms with E-state index in [-0.39, 0.29) is 24.7 Å². The van der Waals surface area contributed by atoms with Crippen molar-refractivity contribution in [3.8, 4) is 23.0 Å². The Labute approximate surface area is 289 Å². The van der Waals surface area contributed by atoms with Crippen molar-refractivity contribution in [2.24, 2.45) is 5.73 Å². The van der Waals surface area contributed by atoms with E-state index in [4.69, 9.17) is 24.7 Å². The fourth-order valence-electron chi connectivity index (χ4n) is 7.02. The Bertz CT molecular complexity index is 1450. The number of likely N-dealkylation sites (tertiary alicyclic amines) is 2. The number of hydrogen-bond acceptors (Lipinski definition) is 11. The Morgan fingerprint density at radius 3 is 1.63 bits per heavy atom. The third-order valence-corrected chi connectivity index (χ3v) is 9.72. The second-order valence-electron chi connectivity index (χ2n) is 13.3. The highest BCUT2D eigenvalue weighted by atomic mass is 16.6. The van der Waals surface area contributed by atoms with E-state index in [1.165, 1.54) is 25.7 Å². The number of aliphatic hydroxyl groups excluding tert-OH is 3. The summed E-state index contributed by atoms with van der Waals surface area (Å²) in [5.41, 5.74) is 8.73. The lowest BCUT2D eigenvalue weighted by Gasteiger charge is -2.32. The van der Waals surface area contributed by atoms with Gasteiger partial charge in [0.2, 0.25) is 0 Å². The standard InChI is InChI=1S/C23H30N2O4.C15H22N2O3/c26-16-20(17-6-2-1-3-7-17)24-19(15-25-10-4-5-11-25)23(27)18-8-9-21-22(14-18)29-13-12-28-21;16-12(10-17-5-1-2-6-17)15(18)11-3-4-13-14(9-11)20-8-7-19-13/h1-3,6-9,14,19-20,23-24,26-27H,4-5,10-13,15-16H2;3-4,9,12,15,18H,1-2,5-8,10,16H2/t19-,20?,23-;12-,15-/m11/s1. The number of ether oxygens (including phenoxy) is 4. The van der Waals surface area contributed by atoms with Crippen LogP contribution < -0.4 is 30.0 Å². The molecule has 4 heterocycles. The summed E-state index contributed by atoms with van der Waals surface area (Å²) >= 11 is 0. The molecule has 0 amide bonds. The average molecular weight is 677 g/mol. The monoisotopic (exact) mass is 676 g/mol. The molecule has 2 saturated heterocycles. The van der Waals surface area contributed by atoms with Crippen LogP contribution in [0.15, 0.2) is 66.7 Å². The molecule has 3 aromatic rings. The summed E-state index contributed by atoms with van der Waals surface area (Å²) in [4.78, 5) is 4.68. The zero-order valence-corrected chi connectivity index (χ0v) is 28.3. The minimum atomic E-state index is -0.732. The van der Waals surface area contributed by atoms with Crippen LogP contribution in [0.1, 0.15) is 60.6 Å². The fourth-order valence-corrected chi connectivity index (χ4v) is 7.02. The lowest BCUT2D eigenvalue weighted by atomic mass is 9.98. The van der Waals surface area contributed by atoms with Crippen LogP contribution in [0, 0.1) is 0 Å². The van der Waals surface area contributed by atoms with Gasteiger partial charge in [0.25, 0.3) is 0 Å². The predicted octanol–water partition coefficient (Wildman–Crippen LogP) is 3.19. The van der Waals surface area contributed by atoms with Crippen molar-refractivity contribution >= 4 is 0 Å². The Hall–Kier alpha value is -3.42. The molecule has 11 heteroatoms. The summed E-state index contributed by atoms with van der Waals surface area (Å²) in [6.45, 7) is 7.86. The van der Waals surface area contributed by atoms with E-state index in [0.29, 0.717) is 43.7 Å². The van der Waals surface area contributed by atoms with E-state index in [2.05, 4.69) is 15.1 Å². The van der Waals surface area contributed by atoms with Crippen LogP contribution in [-0.2, 0) is 0 Å². The van der Waals surface area contributed by atoms with E-state index in [1.807, 2.05) is 66.7 Å². The number of nitrogens with zero attached hydrogens (tertiary/aromatic N) is 2. The quantitative estimate of drug-likeness (QED) is 0.193. The third kappa shape index (κ3) is 9.43. The van der Waals surface area contributed by atoms with Crippen molar-refractivity contribution in [1.29, 1.82) is 0 Å². The molecular weight excluding hydrogens is 624 g/mol. The third-order valence-electron chi connectivity index (χ3n) is 9.72. The normalized spacial score (nSPS) is 20.5. The number of nitrogens with one attached hydrogen (secondary N) is 1. The van der Waals surface area contributed by atoms with E-state index in [9.17, 15) is 15.3 Å². The smallest absolute Gasteiger partial charge is 0.161 e. The molecule has 49 heavy (non-hydrogen) atoms. The summed E-state index contributed by atoms with van der Waals surface area (Å²) in [6.07, 6.45) is 3.43. The van der Waals surface area contributed by atoms with Crippen molar-refractivity contribution in [3.05, 3.63) is 83.4 Å². The highest BCUT2D eigenvalue weighted by Gasteiger charge is 2.29. The molecule has 4 aliphatic heterocycles. The van der Waals surface area contributed by atoms with Gasteiger partial charge in [0.1, 0.15) is 26.4 Å². The van der Waals surface area contributed by atoms with Crippen molar-refractivity contribution in [2.45, 2.75) is 56.0 Å². The Balaban J connectivity index is 0.000000182. The average Bonchev–Trinajstić information content (AvgIpc) is 3.88. The molecule has 1 unspecified atom stereocenters. The molecule has 0 saturated carbocycles. The van der Waals surface area contributed by atoms with Gasteiger partial charge in [-0.2, -0.15) is 0 Å². The van der Waals surface area contributed by atoms with Gasteiger partial charge in [-0.05, 0) is 92.8 Å². The van der Waals surface area contributed by atoms with Gasteiger partial charge in [0.15, 0.2) is 23.0 Å². The number of benzene rings is 3. The van der Waals surface area contributed by atoms with Gasteiger partial charge in [-0.25, -0.2) is 0 Å². The van der Waals surface area contributed by atoms with Crippen LogP contribution in [-0.4, -0.2) is 110 Å². The van der Waals surface area contributed by atoms with Crippen molar-refractivity contribution in [2.75, 3.05) is 72.3 Å². The Morgan fingerprint density at radius 2 is 1.10 bits per heavy atom. The zero-order chi connectivity index (χ0) is 34.0. The second kappa shape index (κ2) is 17.5. The molecule has 2 fully saturated rings. The lowest BCUT2D eigenvalue weighted by molar-refractivity contribution is 0.0908. The van der Waals surface area contributed by atoms with Crippen molar-refractivity contribution in [1.82, 2.24) is 15.1 Å². The molecular formula is C38H52N4O7. The highest BCUT2D eigenvalue weighted by Crippen LogP contribution is 2.35. The number of nitrogens with two attached hydrogens (primary N) is 1. The van der Waals surface area contributed by atoms with Gasteiger partial charge in [0.05, 0.1) is 30.9 Å². The van der Waals surface area contributed by atoms with Gasteiger partial charge in [0, 0.05) is 19.1 Å². The van der Waals surface area contributed by atoms with Gasteiger partial charge >= 0.3 is 0 Å². The molecule has 5 atom stereocenters. The van der Waals surface area contributed by atoms with E-state index in [0.717, 1.165) is 61.7 Å². The minimum Gasteiger partial charge on any atom is -0.486 e. The summed E-state index contributed by atoms with van der Waals surface area (Å²) < 4.78 is 22.3. The van der Waals surface area contributed by atoms with Crippen LogP contribution in [0.2, 0.25) is 0 Å². The number of rotatable bonds is 12. The first-order valence-electron chi connectivity index (χ1n) is 17.8. The largest absolute Gasteiger partial charge is 0.486 e. The van der Waals surface area contributed by atoms with Crippen LogP contribution >= 0.6 is 0 Å². The lowest BCUT2D eigenvalue weighted by Crippen LogP contribution is -2.46. The molecule has 11 nitrogen and oxygen atoms in total. The molecule has 6 N–H and O–H groups in total. The minimum absolute atomic E-state index is 0.0334. The maximum absolute atomic E-state index is 11.3. The molecule has 0 aliphatic carbocycles. The van der Waals surface area contributed by atoms with Gasteiger partial charge in [-0.3, -0.25) is 0 Å². The van der Waals surface area contributed by atoms with E-state index < -0.39 is 12.2 Å². The van der Waals surface area contributed by atoms with Crippen molar-refractivity contribution in [3.63, 3.8) is 0 Å². The maximum atomic E-state index is 11.3. The Kier molecular flexibility index (Phi) is 12.6. The Morgan fingerprint density at radius 1 is 0.612 bits per heavy atom. The number of fused-ring (bicyclic) bond motifs is 2. The summed E-state index contributed by atoms with van der Waals surface area (Å²) in [7, 11) is 0. The highest BCUT2D eigenvalue weighted by molar-refractivity contribution is 5.45. The van der Waals surface area contributed by atoms with Crippen molar-refractivity contribution < 1.29 is 34.3 Å². The van der Waals surface area contributed by atoms with Crippen LogP contribution in [0.5, 0.6) is 23.0 Å². The maximum Gasteiger partial charge on any atom is 0.161 e. The SMILES string of the molecule is N[C@H](CN1CCCC1)[C@H](O)c1ccc2c(c1)OCCO2.OCC(N[C@H](CN1CCCC1)[C@H](O)c1ccc2c(c1)OCCO2)c1ccccc1. The number of hydrogen-bond donors (Lipinski definition) is 5. The predicted molar refractivity (Wildman–Crippen MR) is 187 cm³/mol. The van der Waals surface area contributed by atoms with E-state index in [1.54, 1.807) is 0 Å². The fraction of sp³-hybridized carbons (Fsp3) is 0.526. The first-order chi connectivity index (χ1) is 24.0. The topological polar surface area (TPSA) is 142 Å². The molecule has 3 aromatic carbocycles. The van der Waals surface area contributed by atoms with Crippen LogP contribution in [0.4, 0.5) is 0 Å². The molecule has 4 aliphatic rings. The molecule has 7 rings (SSSR count). The molecule has 0 spiro atoms. The molecule has 0 bridgehead atoms. The summed E-state index contributed by atoms with van der Waals surface area (Å²) in [5.74, 6) is 2.82. The summed E-state index contributed by atoms with van der Waals surface area (Å²) in [5, 5.41) is 35.2. The first-order valence-corrected chi connectivity index (χ1v) is 17.8. The van der Waals surface area contributed by atoms with Crippen LogP contribution in [0.3, 0.4) is 0 Å². The number of aliphatic hydroxyl groups is 3. The molecule has 266 valence electrons. The van der Waals surface area contributed by atoms with Gasteiger partial charge in [-0.15, -0.1) is 0 Å².